The number of hydrogen-bond acceptors (Lipinski definition) is 6. The molecule has 3 aromatic rings. The van der Waals surface area contributed by atoms with E-state index in [0.29, 0.717) is 43.1 Å². The minimum absolute atomic E-state index is 0.129. The molecule has 2 heterocycles. The molecule has 3 aromatic carbocycles. The third kappa shape index (κ3) is 5.46. The summed E-state index contributed by atoms with van der Waals surface area (Å²) in [5, 5.41) is 9.04. The molecular formula is C28H26N4O5. The largest absolute Gasteiger partial charge is 0.465 e. The fraction of sp³-hybridized carbons (Fsp3) is 0.179. The highest BCUT2D eigenvalue weighted by molar-refractivity contribution is 6.35. The fourth-order valence-corrected chi connectivity index (χ4v) is 4.18. The second-order valence-electron chi connectivity index (χ2n) is 8.62. The molecule has 0 aliphatic carbocycles. The van der Waals surface area contributed by atoms with Crippen LogP contribution in [0.5, 0.6) is 0 Å². The number of nitrogens with one attached hydrogen (secondary N) is 3. The van der Waals surface area contributed by atoms with E-state index in [4.69, 9.17) is 9.47 Å². The lowest BCUT2D eigenvalue weighted by atomic mass is 10.0. The van der Waals surface area contributed by atoms with Crippen LogP contribution in [0.2, 0.25) is 0 Å². The summed E-state index contributed by atoms with van der Waals surface area (Å²) in [4.78, 5) is 38.4. The van der Waals surface area contributed by atoms with Crippen LogP contribution in [0.25, 0.3) is 11.6 Å². The zero-order valence-corrected chi connectivity index (χ0v) is 20.2. The van der Waals surface area contributed by atoms with Crippen LogP contribution < -0.4 is 16.0 Å². The van der Waals surface area contributed by atoms with E-state index < -0.39 is 5.97 Å². The van der Waals surface area contributed by atoms with Crippen molar-refractivity contribution in [1.29, 1.82) is 0 Å². The number of amides is 3. The van der Waals surface area contributed by atoms with E-state index in [0.717, 1.165) is 28.2 Å². The Hall–Kier alpha value is -4.63. The van der Waals surface area contributed by atoms with Gasteiger partial charge in [0.25, 0.3) is 5.91 Å². The van der Waals surface area contributed by atoms with Crippen molar-refractivity contribution in [2.24, 2.45) is 0 Å². The van der Waals surface area contributed by atoms with Crippen LogP contribution in [0.4, 0.5) is 27.5 Å². The van der Waals surface area contributed by atoms with Crippen molar-refractivity contribution in [3.63, 3.8) is 0 Å². The average molecular weight is 499 g/mol. The topological polar surface area (TPSA) is 109 Å². The molecule has 1 fully saturated rings. The van der Waals surface area contributed by atoms with Crippen LogP contribution in [0.3, 0.4) is 0 Å². The van der Waals surface area contributed by atoms with Crippen LogP contribution in [0, 0.1) is 0 Å². The first kappa shape index (κ1) is 24.1. The maximum absolute atomic E-state index is 12.5. The van der Waals surface area contributed by atoms with Gasteiger partial charge in [-0.15, -0.1) is 0 Å². The lowest BCUT2D eigenvalue weighted by molar-refractivity contribution is -0.110. The normalized spacial score (nSPS) is 15.6. The summed E-state index contributed by atoms with van der Waals surface area (Å²) in [7, 11) is 1.32. The summed E-state index contributed by atoms with van der Waals surface area (Å²) in [6, 6.07) is 20.1. The molecular weight excluding hydrogens is 472 g/mol. The molecule has 0 spiro atoms. The molecule has 1 saturated heterocycles. The third-order valence-corrected chi connectivity index (χ3v) is 6.17. The Kier molecular flexibility index (Phi) is 6.87. The van der Waals surface area contributed by atoms with Crippen molar-refractivity contribution < 1.29 is 23.9 Å². The molecule has 5 rings (SSSR count). The van der Waals surface area contributed by atoms with E-state index >= 15 is 0 Å². The lowest BCUT2D eigenvalue weighted by Gasteiger charge is -2.26. The first-order valence-corrected chi connectivity index (χ1v) is 11.9. The van der Waals surface area contributed by atoms with E-state index in [1.165, 1.54) is 7.11 Å². The van der Waals surface area contributed by atoms with Gasteiger partial charge < -0.3 is 30.3 Å². The van der Waals surface area contributed by atoms with Crippen LogP contribution in [-0.4, -0.2) is 56.2 Å². The average Bonchev–Trinajstić information content (AvgIpc) is 3.24. The number of morpholine rings is 1. The van der Waals surface area contributed by atoms with Gasteiger partial charge in [-0.3, -0.25) is 4.79 Å². The molecule has 3 N–H and O–H groups in total. The maximum Gasteiger partial charge on any atom is 0.337 e. The second-order valence-corrected chi connectivity index (χ2v) is 8.62. The van der Waals surface area contributed by atoms with Crippen LogP contribution in [0.1, 0.15) is 21.5 Å². The van der Waals surface area contributed by atoms with Gasteiger partial charge in [0.15, 0.2) is 0 Å². The number of rotatable bonds is 5. The van der Waals surface area contributed by atoms with E-state index in [9.17, 15) is 14.4 Å². The minimum atomic E-state index is -0.454. The number of hydrogen-bond donors (Lipinski definition) is 3. The van der Waals surface area contributed by atoms with Crippen molar-refractivity contribution in [2.75, 3.05) is 49.4 Å². The monoisotopic (exact) mass is 498 g/mol. The van der Waals surface area contributed by atoms with E-state index in [1.807, 2.05) is 54.6 Å². The molecule has 0 saturated carbocycles. The van der Waals surface area contributed by atoms with Gasteiger partial charge in [0.1, 0.15) is 0 Å². The number of carbonyl (C=O) groups excluding carboxylic acids is 3. The summed E-state index contributed by atoms with van der Waals surface area (Å²) in [5.74, 6) is -0.676. The lowest BCUT2D eigenvalue weighted by Crippen LogP contribution is -2.43. The van der Waals surface area contributed by atoms with E-state index in [-0.39, 0.29) is 11.9 Å². The Morgan fingerprint density at radius 2 is 1.59 bits per heavy atom. The third-order valence-electron chi connectivity index (χ3n) is 6.17. The minimum Gasteiger partial charge on any atom is -0.465 e. The summed E-state index contributed by atoms with van der Waals surface area (Å²) in [6.07, 6.45) is 1.81. The van der Waals surface area contributed by atoms with Crippen LogP contribution in [0.15, 0.2) is 66.7 Å². The quantitative estimate of drug-likeness (QED) is 0.351. The fourth-order valence-electron chi connectivity index (χ4n) is 4.18. The Labute approximate surface area is 214 Å². The van der Waals surface area contributed by atoms with Gasteiger partial charge in [-0.05, 0) is 60.2 Å². The molecule has 0 radical (unpaired) electrons. The Morgan fingerprint density at radius 3 is 2.27 bits per heavy atom. The SMILES string of the molecule is COC(=O)c1ccc2c(c1)NC(=O)/C2=C\c1ccc(Nc2ccc(NC(=O)N3CCOCC3)cc2)cc1. The highest BCUT2D eigenvalue weighted by Gasteiger charge is 2.25. The van der Waals surface area contributed by atoms with Crippen LogP contribution in [-0.2, 0) is 14.3 Å². The van der Waals surface area contributed by atoms with E-state index in [1.54, 1.807) is 23.1 Å². The number of anilines is 4. The van der Waals surface area contributed by atoms with Gasteiger partial charge in [0, 0.05) is 47.0 Å². The number of ether oxygens (including phenoxy) is 2. The zero-order chi connectivity index (χ0) is 25.8. The number of methoxy groups -OCH3 is 1. The number of benzene rings is 3. The number of esters is 1. The molecule has 3 amide bonds. The number of carbonyl (C=O) groups is 3. The van der Waals surface area contributed by atoms with Crippen molar-refractivity contribution in [2.45, 2.75) is 0 Å². The standard InChI is InChI=1S/C28H26N4O5/c1-36-27(34)19-4-11-23-24(26(33)31-25(23)17-19)16-18-2-5-20(6-3-18)29-21-7-9-22(10-8-21)30-28(35)32-12-14-37-15-13-32/h2-11,16-17,29H,12-15H2,1H3,(H,30,35)(H,31,33)/b24-16-. The Balaban J connectivity index is 1.23. The molecule has 0 atom stereocenters. The predicted octanol–water partition coefficient (Wildman–Crippen LogP) is 4.57. The van der Waals surface area contributed by atoms with Gasteiger partial charge in [-0.1, -0.05) is 18.2 Å². The number of fused-ring (bicyclic) bond motifs is 1. The summed E-state index contributed by atoms with van der Waals surface area (Å²) in [6.45, 7) is 2.30. The molecule has 0 unspecified atom stereocenters. The highest BCUT2D eigenvalue weighted by atomic mass is 16.5. The first-order chi connectivity index (χ1) is 18.0. The Morgan fingerprint density at radius 1 is 0.946 bits per heavy atom. The summed E-state index contributed by atoms with van der Waals surface area (Å²) >= 11 is 0. The zero-order valence-electron chi connectivity index (χ0n) is 20.2. The molecule has 0 bridgehead atoms. The predicted molar refractivity (Wildman–Crippen MR) is 142 cm³/mol. The van der Waals surface area contributed by atoms with Crippen molar-refractivity contribution in [1.82, 2.24) is 4.90 Å². The number of urea groups is 1. The van der Waals surface area contributed by atoms with Gasteiger partial charge in [-0.2, -0.15) is 0 Å². The maximum atomic E-state index is 12.5. The van der Waals surface area contributed by atoms with Crippen LogP contribution >= 0.6 is 0 Å². The van der Waals surface area contributed by atoms with Gasteiger partial charge >= 0.3 is 12.0 Å². The molecule has 9 nitrogen and oxygen atoms in total. The summed E-state index contributed by atoms with van der Waals surface area (Å²) in [5.41, 5.74) is 5.57. The highest BCUT2D eigenvalue weighted by Crippen LogP contribution is 2.34. The molecule has 2 aliphatic rings. The summed E-state index contributed by atoms with van der Waals surface area (Å²) < 4.78 is 10.0. The molecule has 188 valence electrons. The first-order valence-electron chi connectivity index (χ1n) is 11.9. The Bertz CT molecular complexity index is 1360. The van der Waals surface area contributed by atoms with Crippen molar-refractivity contribution in [3.05, 3.63) is 83.4 Å². The van der Waals surface area contributed by atoms with Gasteiger partial charge in [0.2, 0.25) is 0 Å². The van der Waals surface area contributed by atoms with Gasteiger partial charge in [0.05, 0.1) is 25.9 Å². The molecule has 0 aromatic heterocycles. The van der Waals surface area contributed by atoms with Crippen molar-refractivity contribution in [3.8, 4) is 0 Å². The van der Waals surface area contributed by atoms with Gasteiger partial charge in [-0.25, -0.2) is 9.59 Å². The molecule has 2 aliphatic heterocycles. The second kappa shape index (κ2) is 10.5. The van der Waals surface area contributed by atoms with E-state index in [2.05, 4.69) is 16.0 Å². The molecule has 37 heavy (non-hydrogen) atoms. The molecule has 9 heteroatoms. The number of nitrogens with zero attached hydrogens (tertiary/aromatic N) is 1. The van der Waals surface area contributed by atoms with Crippen molar-refractivity contribution >= 4 is 52.3 Å². The smallest absolute Gasteiger partial charge is 0.337 e.